The Hall–Kier alpha value is -2.35. The Kier molecular flexibility index (Phi) is 4.59. The highest BCUT2D eigenvalue weighted by Gasteiger charge is 2.17. The SMILES string of the molecule is CC(=O)c1ccc(NC(=O)[C@@H](C)Sc2n[nH]c(N)n2)cc1. The highest BCUT2D eigenvalue weighted by molar-refractivity contribution is 8.00. The molecule has 4 N–H and O–H groups in total. The number of carbonyl (C=O) groups is 2. The maximum absolute atomic E-state index is 12.0. The molecule has 0 aliphatic heterocycles. The number of aromatic nitrogens is 3. The second kappa shape index (κ2) is 6.40. The molecule has 0 saturated carbocycles. The molecule has 21 heavy (non-hydrogen) atoms. The van der Waals surface area contributed by atoms with E-state index in [2.05, 4.69) is 20.5 Å². The number of nitrogens with zero attached hydrogens (tertiary/aromatic N) is 2. The second-order valence-electron chi connectivity index (χ2n) is 4.39. The van der Waals surface area contributed by atoms with Crippen LogP contribution in [-0.4, -0.2) is 32.1 Å². The van der Waals surface area contributed by atoms with Crippen LogP contribution in [-0.2, 0) is 4.79 Å². The molecule has 1 aromatic heterocycles. The van der Waals surface area contributed by atoms with Gasteiger partial charge in [-0.25, -0.2) is 5.10 Å². The van der Waals surface area contributed by atoms with E-state index in [4.69, 9.17) is 5.73 Å². The first-order chi connectivity index (χ1) is 9.95. The first kappa shape index (κ1) is 15.0. The first-order valence-electron chi connectivity index (χ1n) is 6.22. The summed E-state index contributed by atoms with van der Waals surface area (Å²) in [7, 11) is 0. The van der Waals surface area contributed by atoms with E-state index in [0.717, 1.165) is 0 Å². The van der Waals surface area contributed by atoms with Crippen molar-refractivity contribution in [3.05, 3.63) is 29.8 Å². The molecule has 0 aliphatic rings. The fourth-order valence-corrected chi connectivity index (χ4v) is 2.29. The van der Waals surface area contributed by atoms with E-state index in [-0.39, 0.29) is 22.9 Å². The van der Waals surface area contributed by atoms with Crippen molar-refractivity contribution in [2.24, 2.45) is 0 Å². The monoisotopic (exact) mass is 305 g/mol. The van der Waals surface area contributed by atoms with Gasteiger partial charge < -0.3 is 11.1 Å². The normalized spacial score (nSPS) is 11.9. The number of carbonyl (C=O) groups excluding carboxylic acids is 2. The Morgan fingerprint density at radius 3 is 2.52 bits per heavy atom. The maximum Gasteiger partial charge on any atom is 0.237 e. The lowest BCUT2D eigenvalue weighted by atomic mass is 10.1. The van der Waals surface area contributed by atoms with Gasteiger partial charge in [-0.05, 0) is 38.1 Å². The predicted molar refractivity (Wildman–Crippen MR) is 81.2 cm³/mol. The van der Waals surface area contributed by atoms with Crippen molar-refractivity contribution in [1.82, 2.24) is 15.2 Å². The van der Waals surface area contributed by atoms with Crippen LogP contribution in [0.4, 0.5) is 11.6 Å². The van der Waals surface area contributed by atoms with Crippen LogP contribution >= 0.6 is 11.8 Å². The number of anilines is 2. The summed E-state index contributed by atoms with van der Waals surface area (Å²) in [5, 5.41) is 9.18. The minimum atomic E-state index is -0.382. The number of aromatic amines is 1. The molecule has 1 aromatic carbocycles. The van der Waals surface area contributed by atoms with Crippen LogP contribution in [0.1, 0.15) is 24.2 Å². The van der Waals surface area contributed by atoms with Gasteiger partial charge in [-0.3, -0.25) is 9.59 Å². The molecule has 2 aromatic rings. The Bertz CT molecular complexity index is 653. The highest BCUT2D eigenvalue weighted by Crippen LogP contribution is 2.21. The van der Waals surface area contributed by atoms with Crippen molar-refractivity contribution in [2.75, 3.05) is 11.1 Å². The van der Waals surface area contributed by atoms with Crippen LogP contribution < -0.4 is 11.1 Å². The molecule has 8 heteroatoms. The first-order valence-corrected chi connectivity index (χ1v) is 7.10. The number of thioether (sulfide) groups is 1. The Balaban J connectivity index is 1.95. The number of nitrogens with two attached hydrogens (primary N) is 1. The number of hydrogen-bond acceptors (Lipinski definition) is 6. The largest absolute Gasteiger partial charge is 0.368 e. The second-order valence-corrected chi connectivity index (χ2v) is 5.69. The quantitative estimate of drug-likeness (QED) is 0.572. The third-order valence-corrected chi connectivity index (χ3v) is 3.65. The van der Waals surface area contributed by atoms with Crippen LogP contribution in [0.5, 0.6) is 0 Å². The third-order valence-electron chi connectivity index (χ3n) is 2.69. The fraction of sp³-hybridized carbons (Fsp3) is 0.231. The molecule has 1 heterocycles. The van der Waals surface area contributed by atoms with Gasteiger partial charge in [0, 0.05) is 11.3 Å². The summed E-state index contributed by atoms with van der Waals surface area (Å²) in [6.45, 7) is 3.24. The summed E-state index contributed by atoms with van der Waals surface area (Å²) in [5.74, 6) is 0.0165. The number of rotatable bonds is 5. The van der Waals surface area contributed by atoms with Gasteiger partial charge in [0.2, 0.25) is 17.0 Å². The summed E-state index contributed by atoms with van der Waals surface area (Å²) < 4.78 is 0. The van der Waals surface area contributed by atoms with Gasteiger partial charge in [-0.1, -0.05) is 11.8 Å². The van der Waals surface area contributed by atoms with E-state index in [1.165, 1.54) is 18.7 Å². The molecule has 1 amide bonds. The molecule has 7 nitrogen and oxygen atoms in total. The van der Waals surface area contributed by atoms with Gasteiger partial charge in [0.15, 0.2) is 5.78 Å². The lowest BCUT2D eigenvalue weighted by molar-refractivity contribution is -0.115. The number of H-pyrrole nitrogens is 1. The maximum atomic E-state index is 12.0. The van der Waals surface area contributed by atoms with Crippen molar-refractivity contribution in [1.29, 1.82) is 0 Å². The molecular weight excluding hydrogens is 290 g/mol. The van der Waals surface area contributed by atoms with Crippen molar-refractivity contribution in [2.45, 2.75) is 24.3 Å². The van der Waals surface area contributed by atoms with Gasteiger partial charge in [0.1, 0.15) is 0 Å². The van der Waals surface area contributed by atoms with E-state index in [1.807, 2.05) is 0 Å². The highest BCUT2D eigenvalue weighted by atomic mass is 32.2. The van der Waals surface area contributed by atoms with Crippen molar-refractivity contribution in [3.63, 3.8) is 0 Å². The number of amides is 1. The molecule has 110 valence electrons. The summed E-state index contributed by atoms with van der Waals surface area (Å²) in [5.41, 5.74) is 6.66. The Labute approximate surface area is 125 Å². The molecular formula is C13H15N5O2S. The lowest BCUT2D eigenvalue weighted by Crippen LogP contribution is -2.22. The average Bonchev–Trinajstić information content (AvgIpc) is 2.84. The summed E-state index contributed by atoms with van der Waals surface area (Å²) in [6.07, 6.45) is 0. The molecule has 1 atom stereocenters. The lowest BCUT2D eigenvalue weighted by Gasteiger charge is -2.10. The van der Waals surface area contributed by atoms with Crippen molar-refractivity contribution < 1.29 is 9.59 Å². The zero-order valence-electron chi connectivity index (χ0n) is 11.6. The molecule has 0 spiro atoms. The van der Waals surface area contributed by atoms with Gasteiger partial charge >= 0.3 is 0 Å². The van der Waals surface area contributed by atoms with Crippen LogP contribution in [0.25, 0.3) is 0 Å². The Morgan fingerprint density at radius 2 is 2.00 bits per heavy atom. The van der Waals surface area contributed by atoms with E-state index < -0.39 is 0 Å². The average molecular weight is 305 g/mol. The number of benzene rings is 1. The van der Waals surface area contributed by atoms with E-state index in [0.29, 0.717) is 16.4 Å². The van der Waals surface area contributed by atoms with Gasteiger partial charge in [-0.15, -0.1) is 5.10 Å². The van der Waals surface area contributed by atoms with E-state index in [9.17, 15) is 9.59 Å². The molecule has 0 radical (unpaired) electrons. The zero-order valence-corrected chi connectivity index (χ0v) is 12.4. The summed E-state index contributed by atoms with van der Waals surface area (Å²) in [4.78, 5) is 27.1. The van der Waals surface area contributed by atoms with Crippen LogP contribution in [0.15, 0.2) is 29.4 Å². The molecule has 0 fully saturated rings. The van der Waals surface area contributed by atoms with Crippen molar-refractivity contribution in [3.8, 4) is 0 Å². The predicted octanol–water partition coefficient (Wildman–Crippen LogP) is 1.71. The minimum absolute atomic E-state index is 0.0148. The van der Waals surface area contributed by atoms with E-state index >= 15 is 0 Å². The molecule has 2 rings (SSSR count). The van der Waals surface area contributed by atoms with Crippen molar-refractivity contribution >= 4 is 35.1 Å². The number of hydrogen-bond donors (Lipinski definition) is 3. The number of nitrogens with one attached hydrogen (secondary N) is 2. The number of nitrogen functional groups attached to an aromatic ring is 1. The molecule has 0 aliphatic carbocycles. The van der Waals surface area contributed by atoms with Crippen LogP contribution in [0, 0.1) is 0 Å². The topological polar surface area (TPSA) is 114 Å². The van der Waals surface area contributed by atoms with Gasteiger partial charge in [-0.2, -0.15) is 4.98 Å². The number of Topliss-reactive ketones (excluding diaryl/α,β-unsaturated/α-hetero) is 1. The molecule has 0 saturated heterocycles. The van der Waals surface area contributed by atoms with Crippen LogP contribution in [0.3, 0.4) is 0 Å². The summed E-state index contributed by atoms with van der Waals surface area (Å²) in [6, 6.07) is 6.73. The van der Waals surface area contributed by atoms with Gasteiger partial charge in [0.05, 0.1) is 5.25 Å². The number of ketones is 1. The van der Waals surface area contributed by atoms with Gasteiger partial charge in [0.25, 0.3) is 0 Å². The molecule has 0 bridgehead atoms. The Morgan fingerprint density at radius 1 is 1.33 bits per heavy atom. The molecule has 0 unspecified atom stereocenters. The smallest absolute Gasteiger partial charge is 0.237 e. The zero-order chi connectivity index (χ0) is 15.4. The minimum Gasteiger partial charge on any atom is -0.368 e. The summed E-state index contributed by atoms with van der Waals surface area (Å²) >= 11 is 1.20. The fourth-order valence-electron chi connectivity index (χ4n) is 1.55. The standard InChI is InChI=1S/C13H15N5O2S/c1-7(19)9-3-5-10(6-4-9)15-11(20)8(2)21-13-16-12(14)17-18-13/h3-6,8H,1-2H3,(H,15,20)(H3,14,16,17,18)/t8-/m1/s1. The third kappa shape index (κ3) is 4.06. The van der Waals surface area contributed by atoms with E-state index in [1.54, 1.807) is 31.2 Å². The van der Waals surface area contributed by atoms with Crippen LogP contribution in [0.2, 0.25) is 0 Å².